The van der Waals surface area contributed by atoms with Crippen LogP contribution in [-0.2, 0) is 0 Å². The molecule has 3 heteroatoms. The summed E-state index contributed by atoms with van der Waals surface area (Å²) in [7, 11) is 0. The second-order valence-electron chi connectivity index (χ2n) is 4.40. The Kier molecular flexibility index (Phi) is 3.50. The lowest BCUT2D eigenvalue weighted by Gasteiger charge is -2.18. The summed E-state index contributed by atoms with van der Waals surface area (Å²) in [5, 5.41) is 12.5. The van der Waals surface area contributed by atoms with Crippen LogP contribution in [0.3, 0.4) is 0 Å². The van der Waals surface area contributed by atoms with Crippen molar-refractivity contribution in [2.24, 2.45) is 5.92 Å². The third-order valence-electron chi connectivity index (χ3n) is 3.15. The molecule has 84 valence electrons. The number of aryl methyl sites for hydroxylation is 1. The normalized spacial score (nSPS) is 24.1. The summed E-state index contributed by atoms with van der Waals surface area (Å²) in [5.74, 6) is 0.160. The van der Waals surface area contributed by atoms with E-state index in [4.69, 9.17) is 5.26 Å². The van der Waals surface area contributed by atoms with Gasteiger partial charge in [0.2, 0.25) is 0 Å². The van der Waals surface area contributed by atoms with Gasteiger partial charge in [-0.2, -0.15) is 5.26 Å². The maximum absolute atomic E-state index is 9.03. The molecule has 16 heavy (non-hydrogen) atoms. The van der Waals surface area contributed by atoms with Gasteiger partial charge in [0.05, 0.1) is 12.0 Å². The largest absolute Gasteiger partial charge is 0.380 e. The van der Waals surface area contributed by atoms with Crippen molar-refractivity contribution in [1.29, 1.82) is 5.26 Å². The first-order valence-electron chi connectivity index (χ1n) is 5.63. The van der Waals surface area contributed by atoms with E-state index in [2.05, 4.69) is 52.4 Å². The number of halogens is 1. The number of nitriles is 1. The van der Waals surface area contributed by atoms with Crippen molar-refractivity contribution in [3.05, 3.63) is 28.2 Å². The van der Waals surface area contributed by atoms with E-state index in [1.54, 1.807) is 0 Å². The van der Waals surface area contributed by atoms with Crippen molar-refractivity contribution < 1.29 is 0 Å². The fourth-order valence-corrected chi connectivity index (χ4v) is 2.83. The molecule has 0 saturated heterocycles. The van der Waals surface area contributed by atoms with Gasteiger partial charge in [0, 0.05) is 16.2 Å². The molecule has 0 radical (unpaired) electrons. The Morgan fingerprint density at radius 1 is 1.44 bits per heavy atom. The van der Waals surface area contributed by atoms with Gasteiger partial charge in [0.25, 0.3) is 0 Å². The quantitative estimate of drug-likeness (QED) is 0.892. The second kappa shape index (κ2) is 4.88. The van der Waals surface area contributed by atoms with E-state index in [-0.39, 0.29) is 5.92 Å². The molecule has 2 unspecified atom stereocenters. The minimum absolute atomic E-state index is 0.160. The average Bonchev–Trinajstić information content (AvgIpc) is 2.69. The summed E-state index contributed by atoms with van der Waals surface area (Å²) in [5.41, 5.74) is 2.33. The molecular weight excluding hydrogens is 264 g/mol. The highest BCUT2D eigenvalue weighted by Gasteiger charge is 2.27. The fourth-order valence-electron chi connectivity index (χ4n) is 2.22. The van der Waals surface area contributed by atoms with Crippen LogP contribution in [0.2, 0.25) is 0 Å². The Bertz CT molecular complexity index is 422. The summed E-state index contributed by atoms with van der Waals surface area (Å²) >= 11 is 3.55. The maximum atomic E-state index is 9.03. The maximum Gasteiger partial charge on any atom is 0.0677 e. The summed E-state index contributed by atoms with van der Waals surface area (Å²) < 4.78 is 1.08. The molecule has 0 heterocycles. The molecular formula is C13H15BrN2. The lowest BCUT2D eigenvalue weighted by atomic mass is 10.1. The molecule has 1 saturated carbocycles. The monoisotopic (exact) mass is 278 g/mol. The highest BCUT2D eigenvalue weighted by molar-refractivity contribution is 9.10. The van der Waals surface area contributed by atoms with E-state index < -0.39 is 0 Å². The minimum atomic E-state index is 0.160. The summed E-state index contributed by atoms with van der Waals surface area (Å²) in [4.78, 5) is 0. The third kappa shape index (κ3) is 2.38. The van der Waals surface area contributed by atoms with Crippen molar-refractivity contribution in [2.75, 3.05) is 5.32 Å². The Labute approximate surface area is 105 Å². The zero-order chi connectivity index (χ0) is 11.5. The molecule has 0 aliphatic heterocycles. The van der Waals surface area contributed by atoms with Crippen LogP contribution in [-0.4, -0.2) is 6.04 Å². The van der Waals surface area contributed by atoms with E-state index in [1.165, 1.54) is 5.56 Å². The summed E-state index contributed by atoms with van der Waals surface area (Å²) in [6.45, 7) is 2.07. The number of benzene rings is 1. The molecule has 1 aliphatic carbocycles. The predicted molar refractivity (Wildman–Crippen MR) is 69.2 cm³/mol. The lowest BCUT2D eigenvalue weighted by molar-refractivity contribution is 0.629. The van der Waals surface area contributed by atoms with Gasteiger partial charge in [-0.3, -0.25) is 0 Å². The Morgan fingerprint density at radius 2 is 2.25 bits per heavy atom. The van der Waals surface area contributed by atoms with Crippen LogP contribution in [0, 0.1) is 24.2 Å². The van der Waals surface area contributed by atoms with Gasteiger partial charge >= 0.3 is 0 Å². The molecule has 1 aromatic rings. The van der Waals surface area contributed by atoms with Crippen LogP contribution in [0.15, 0.2) is 22.7 Å². The van der Waals surface area contributed by atoms with Gasteiger partial charge in [-0.15, -0.1) is 0 Å². The second-order valence-corrected chi connectivity index (χ2v) is 5.25. The first kappa shape index (κ1) is 11.5. The highest BCUT2D eigenvalue weighted by Crippen LogP contribution is 2.31. The molecule has 2 nitrogen and oxygen atoms in total. The van der Waals surface area contributed by atoms with Gasteiger partial charge < -0.3 is 5.32 Å². The molecule has 0 bridgehead atoms. The first-order valence-corrected chi connectivity index (χ1v) is 6.42. The number of hydrogen-bond donors (Lipinski definition) is 1. The molecule has 1 fully saturated rings. The van der Waals surface area contributed by atoms with Crippen molar-refractivity contribution in [2.45, 2.75) is 32.2 Å². The van der Waals surface area contributed by atoms with Crippen LogP contribution < -0.4 is 5.32 Å². The molecule has 1 aromatic carbocycles. The van der Waals surface area contributed by atoms with E-state index >= 15 is 0 Å². The predicted octanol–water partition coefficient (Wildman–Crippen LogP) is 3.86. The number of nitrogens with zero attached hydrogens (tertiary/aromatic N) is 1. The Balaban J connectivity index is 2.12. The van der Waals surface area contributed by atoms with Crippen LogP contribution in [0.25, 0.3) is 0 Å². The van der Waals surface area contributed by atoms with Crippen LogP contribution in [0.4, 0.5) is 5.69 Å². The molecule has 0 amide bonds. The number of rotatable bonds is 2. The molecule has 1 aliphatic rings. The van der Waals surface area contributed by atoms with E-state index in [0.29, 0.717) is 6.04 Å². The Morgan fingerprint density at radius 3 is 2.94 bits per heavy atom. The molecule has 0 spiro atoms. The smallest absolute Gasteiger partial charge is 0.0677 e. The summed E-state index contributed by atoms with van der Waals surface area (Å²) in [6, 6.07) is 8.95. The van der Waals surface area contributed by atoms with Crippen LogP contribution in [0.5, 0.6) is 0 Å². The minimum Gasteiger partial charge on any atom is -0.380 e. The van der Waals surface area contributed by atoms with Crippen LogP contribution >= 0.6 is 15.9 Å². The van der Waals surface area contributed by atoms with Crippen molar-refractivity contribution in [3.63, 3.8) is 0 Å². The number of nitrogens with one attached hydrogen (secondary N) is 1. The van der Waals surface area contributed by atoms with Crippen LogP contribution in [0.1, 0.15) is 24.8 Å². The highest BCUT2D eigenvalue weighted by atomic mass is 79.9. The van der Waals surface area contributed by atoms with E-state index in [9.17, 15) is 0 Å². The Hall–Kier alpha value is -1.01. The zero-order valence-electron chi connectivity index (χ0n) is 9.33. The summed E-state index contributed by atoms with van der Waals surface area (Å²) in [6.07, 6.45) is 3.27. The topological polar surface area (TPSA) is 35.8 Å². The van der Waals surface area contributed by atoms with E-state index in [1.807, 2.05) is 0 Å². The van der Waals surface area contributed by atoms with Gasteiger partial charge in [-0.05, 0) is 59.8 Å². The van der Waals surface area contributed by atoms with Crippen molar-refractivity contribution >= 4 is 21.6 Å². The van der Waals surface area contributed by atoms with Gasteiger partial charge in [0.15, 0.2) is 0 Å². The number of hydrogen-bond acceptors (Lipinski definition) is 2. The van der Waals surface area contributed by atoms with Crippen molar-refractivity contribution in [1.82, 2.24) is 0 Å². The fraction of sp³-hybridized carbons (Fsp3) is 0.462. The number of anilines is 1. The standard InChI is InChI=1S/C13H15BrN2/c1-9-5-6-13(11(14)7-9)16-12-4-2-3-10(12)8-15/h5-7,10,12,16H,2-4H2,1H3. The lowest BCUT2D eigenvalue weighted by Crippen LogP contribution is -2.22. The third-order valence-corrected chi connectivity index (χ3v) is 3.80. The average molecular weight is 279 g/mol. The van der Waals surface area contributed by atoms with Crippen molar-refractivity contribution in [3.8, 4) is 6.07 Å². The first-order chi connectivity index (χ1) is 7.70. The molecule has 1 N–H and O–H groups in total. The van der Waals surface area contributed by atoms with Gasteiger partial charge in [0.1, 0.15) is 0 Å². The van der Waals surface area contributed by atoms with E-state index in [0.717, 1.165) is 29.4 Å². The molecule has 0 aromatic heterocycles. The SMILES string of the molecule is Cc1ccc(NC2CCCC2C#N)c(Br)c1. The molecule has 2 atom stereocenters. The molecule has 2 rings (SSSR count). The van der Waals surface area contributed by atoms with Gasteiger partial charge in [-0.25, -0.2) is 0 Å². The van der Waals surface area contributed by atoms with Gasteiger partial charge in [-0.1, -0.05) is 6.07 Å². The zero-order valence-corrected chi connectivity index (χ0v) is 10.9.